The number of nitrogens with one attached hydrogen (secondary N) is 2. The van der Waals surface area contributed by atoms with E-state index >= 15 is 0 Å². The van der Waals surface area contributed by atoms with E-state index in [2.05, 4.69) is 46.2 Å². The van der Waals surface area contributed by atoms with Crippen LogP contribution < -0.4 is 11.1 Å². The van der Waals surface area contributed by atoms with Crippen LogP contribution in [0.3, 0.4) is 0 Å². The number of aldehydes is 1. The Balaban J connectivity index is 0.000000185. The van der Waals surface area contributed by atoms with Crippen LogP contribution in [0.1, 0.15) is 56.1 Å². The molecule has 0 amide bonds. The summed E-state index contributed by atoms with van der Waals surface area (Å²) in [6, 6.07) is 27.2. The van der Waals surface area contributed by atoms with Gasteiger partial charge in [-0.3, -0.25) is 14.4 Å². The fraction of sp³-hybridized carbons (Fsp3) is 0.222. The van der Waals surface area contributed by atoms with Crippen molar-refractivity contribution in [3.05, 3.63) is 107 Å². The molecule has 16 nitrogen and oxygen atoms in total. The molecule has 4 N–H and O–H groups in total. The van der Waals surface area contributed by atoms with Gasteiger partial charge in [0.1, 0.15) is 18.2 Å². The van der Waals surface area contributed by atoms with Crippen molar-refractivity contribution in [2.24, 2.45) is 0 Å². The van der Waals surface area contributed by atoms with E-state index < -0.39 is 12.0 Å². The molecule has 16 heteroatoms. The molecule has 0 spiro atoms. The Morgan fingerprint density at radius 3 is 2.10 bits per heavy atom. The molecular formula is C36H38N10O6. The number of anilines is 2. The summed E-state index contributed by atoms with van der Waals surface area (Å²) < 4.78 is 11.4. The molecule has 52 heavy (non-hydrogen) atoms. The van der Waals surface area contributed by atoms with Crippen LogP contribution in [-0.4, -0.2) is 78.1 Å². The lowest BCUT2D eigenvalue weighted by Gasteiger charge is -2.28. The van der Waals surface area contributed by atoms with Crippen LogP contribution >= 0.6 is 0 Å². The van der Waals surface area contributed by atoms with Gasteiger partial charge < -0.3 is 20.5 Å². The predicted molar refractivity (Wildman–Crippen MR) is 193 cm³/mol. The van der Waals surface area contributed by atoms with Crippen LogP contribution in [0.4, 0.5) is 11.9 Å². The number of rotatable bonds is 7. The highest BCUT2D eigenvalue weighted by Crippen LogP contribution is 2.37. The highest BCUT2D eigenvalue weighted by Gasteiger charge is 2.35. The monoisotopic (exact) mass is 706 g/mol. The minimum Gasteiger partial charge on any atom is -0.466 e. The lowest BCUT2D eigenvalue weighted by atomic mass is 9.91. The van der Waals surface area contributed by atoms with Crippen LogP contribution in [0.2, 0.25) is 0 Å². The lowest BCUT2D eigenvalue weighted by molar-refractivity contribution is -0.145. The second-order valence-electron chi connectivity index (χ2n) is 10.9. The van der Waals surface area contributed by atoms with Crippen molar-refractivity contribution in [3.63, 3.8) is 0 Å². The number of allylic oxidation sites excluding steroid dienone is 1. The van der Waals surface area contributed by atoms with Gasteiger partial charge >= 0.3 is 11.9 Å². The van der Waals surface area contributed by atoms with E-state index in [0.717, 1.165) is 39.0 Å². The number of hydrogen-bond donors (Lipinski definition) is 3. The molecule has 268 valence electrons. The van der Waals surface area contributed by atoms with Crippen molar-refractivity contribution in [3.8, 4) is 0 Å². The Morgan fingerprint density at radius 1 is 0.865 bits per heavy atom. The van der Waals surface area contributed by atoms with E-state index in [0.29, 0.717) is 30.4 Å². The van der Waals surface area contributed by atoms with Crippen molar-refractivity contribution in [1.82, 2.24) is 40.8 Å². The number of aromatic nitrogens is 8. The number of Topliss-reactive ketones (excluding diaryl/α,β-unsaturated/α-hetero) is 1. The standard InChI is InChI=1S/C18H17N5O2.C11H8O.C6H10O3.CH3N5/c1-3-25-17(24)15-11(2)19-18-20-21-22-23(18)16(15)14-10-6-8-12-7-4-5-9-13(12)14;12-8-10-6-3-5-9-4-1-2-7-11(9)10;1-3-9-6(8)4-5(2)7;2-1-3-5-6-4-1/h4-10,16H,3H2,1-2H3,(H,19,20,22);1-8H;3-4H2,1-2H3;(H3,2,3,4,5,6). The SMILES string of the molecule is CCOC(=O)C1=C(C)Nc2nnnn2C1c1cccc2ccccc12.CCOC(=O)CC(C)=O.Nc1nn[nH]n1.O=Cc1cccc2ccccc12. The summed E-state index contributed by atoms with van der Waals surface area (Å²) in [5.41, 5.74) is 7.88. The summed E-state index contributed by atoms with van der Waals surface area (Å²) in [5, 5.41) is 31.3. The molecule has 0 bridgehead atoms. The highest BCUT2D eigenvalue weighted by atomic mass is 16.5. The zero-order valence-electron chi connectivity index (χ0n) is 29.0. The number of carbonyl (C=O) groups excluding carboxylic acids is 4. The van der Waals surface area contributed by atoms with Crippen LogP contribution in [-0.2, 0) is 23.9 Å². The van der Waals surface area contributed by atoms with Crippen LogP contribution in [0, 0.1) is 0 Å². The van der Waals surface area contributed by atoms with E-state index in [4.69, 9.17) is 10.5 Å². The van der Waals surface area contributed by atoms with Gasteiger partial charge in [-0.05, 0) is 70.4 Å². The molecule has 1 aliphatic rings. The van der Waals surface area contributed by atoms with Crippen LogP contribution in [0.25, 0.3) is 21.5 Å². The largest absolute Gasteiger partial charge is 0.466 e. The number of ketones is 1. The van der Waals surface area contributed by atoms with Gasteiger partial charge in [0.2, 0.25) is 5.95 Å². The molecule has 6 aromatic rings. The number of tetrazole rings is 2. The van der Waals surface area contributed by atoms with Crippen molar-refractivity contribution in [2.45, 2.75) is 40.2 Å². The third kappa shape index (κ3) is 9.87. The molecule has 1 atom stereocenters. The van der Waals surface area contributed by atoms with Crippen molar-refractivity contribution >= 4 is 57.4 Å². The first-order chi connectivity index (χ1) is 25.2. The zero-order valence-corrected chi connectivity index (χ0v) is 29.0. The average molecular weight is 707 g/mol. The van der Waals surface area contributed by atoms with E-state index in [-0.39, 0.29) is 24.1 Å². The van der Waals surface area contributed by atoms with E-state index in [9.17, 15) is 19.2 Å². The van der Waals surface area contributed by atoms with Gasteiger partial charge in [0, 0.05) is 11.3 Å². The Morgan fingerprint density at radius 2 is 1.50 bits per heavy atom. The number of nitrogens with two attached hydrogens (primary N) is 1. The topological polar surface area (TPSA) is 223 Å². The number of carbonyl (C=O) groups is 4. The summed E-state index contributed by atoms with van der Waals surface area (Å²) in [5.74, 6) is -0.288. The maximum atomic E-state index is 12.7. The maximum absolute atomic E-state index is 12.7. The van der Waals surface area contributed by atoms with Gasteiger partial charge in [0.05, 0.1) is 18.8 Å². The predicted octanol–water partition coefficient (Wildman–Crippen LogP) is 4.64. The van der Waals surface area contributed by atoms with E-state index in [1.165, 1.54) is 6.92 Å². The molecule has 4 aromatic carbocycles. The first-order valence-corrected chi connectivity index (χ1v) is 16.2. The zero-order chi connectivity index (χ0) is 37.5. The minimum absolute atomic E-state index is 0.103. The molecule has 0 saturated carbocycles. The van der Waals surface area contributed by atoms with Gasteiger partial charge in [-0.25, -0.2) is 4.79 Å². The fourth-order valence-electron chi connectivity index (χ4n) is 5.20. The van der Waals surface area contributed by atoms with Gasteiger partial charge in [-0.1, -0.05) is 95.1 Å². The highest BCUT2D eigenvalue weighted by molar-refractivity contribution is 5.98. The summed E-state index contributed by atoms with van der Waals surface area (Å²) in [6.07, 6.45) is 0.788. The number of ether oxygens (including phenoxy) is 2. The van der Waals surface area contributed by atoms with E-state index in [1.54, 1.807) is 18.5 Å². The van der Waals surface area contributed by atoms with Gasteiger partial charge in [0.15, 0.2) is 6.29 Å². The molecule has 0 aliphatic carbocycles. The number of benzene rings is 4. The Labute approximate surface area is 298 Å². The molecule has 7 rings (SSSR count). The third-order valence-electron chi connectivity index (χ3n) is 7.34. The number of nitrogen functional groups attached to an aromatic ring is 1. The summed E-state index contributed by atoms with van der Waals surface area (Å²) in [7, 11) is 0. The van der Waals surface area contributed by atoms with Gasteiger partial charge in [-0.15, -0.1) is 5.10 Å². The van der Waals surface area contributed by atoms with Crippen molar-refractivity contribution < 1.29 is 28.7 Å². The molecule has 0 radical (unpaired) electrons. The van der Waals surface area contributed by atoms with Crippen LogP contribution in [0.5, 0.6) is 0 Å². The molecule has 3 heterocycles. The molecule has 1 unspecified atom stereocenters. The van der Waals surface area contributed by atoms with E-state index in [1.807, 2.05) is 91.9 Å². The third-order valence-corrected chi connectivity index (χ3v) is 7.34. The summed E-state index contributed by atoms with van der Waals surface area (Å²) >= 11 is 0. The van der Waals surface area contributed by atoms with Crippen molar-refractivity contribution in [2.75, 3.05) is 24.3 Å². The van der Waals surface area contributed by atoms with Gasteiger partial charge in [0.25, 0.3) is 5.95 Å². The van der Waals surface area contributed by atoms with Gasteiger partial charge in [-0.2, -0.15) is 9.90 Å². The van der Waals surface area contributed by atoms with Crippen molar-refractivity contribution in [1.29, 1.82) is 0 Å². The molecule has 2 aromatic heterocycles. The second-order valence-corrected chi connectivity index (χ2v) is 10.9. The molecule has 1 aliphatic heterocycles. The number of H-pyrrole nitrogens is 1. The average Bonchev–Trinajstić information content (AvgIpc) is 3.82. The Bertz CT molecular complexity index is 2150. The Hall–Kier alpha value is -6.84. The number of fused-ring (bicyclic) bond motifs is 3. The first-order valence-electron chi connectivity index (χ1n) is 16.2. The summed E-state index contributed by atoms with van der Waals surface area (Å²) in [4.78, 5) is 43.9. The molecular weight excluding hydrogens is 668 g/mol. The second kappa shape index (κ2) is 18.8. The number of hydrogen-bond acceptors (Lipinski definition) is 14. The quantitative estimate of drug-likeness (QED) is 0.117. The number of nitrogens with zero attached hydrogens (tertiary/aromatic N) is 7. The molecule has 0 saturated heterocycles. The number of esters is 2. The lowest BCUT2D eigenvalue weighted by Crippen LogP contribution is -2.29. The first kappa shape index (κ1) is 38.0. The minimum atomic E-state index is -0.448. The number of aromatic amines is 1. The molecule has 0 fully saturated rings. The maximum Gasteiger partial charge on any atom is 0.338 e. The normalized spacial score (nSPS) is 12.7. The van der Waals surface area contributed by atoms with Crippen LogP contribution in [0.15, 0.2) is 96.2 Å². The smallest absolute Gasteiger partial charge is 0.338 e. The summed E-state index contributed by atoms with van der Waals surface area (Å²) in [6.45, 7) is 7.34. The Kier molecular flexibility index (Phi) is 13.7. The fourth-order valence-corrected chi connectivity index (χ4v) is 5.20.